The van der Waals surface area contributed by atoms with Crippen LogP contribution in [-0.4, -0.2) is 33.0 Å². The topological polar surface area (TPSA) is 74.7 Å². The third-order valence-corrected chi connectivity index (χ3v) is 3.93. The van der Waals surface area contributed by atoms with E-state index in [2.05, 4.69) is 0 Å². The van der Waals surface area contributed by atoms with Crippen LogP contribution in [0.25, 0.3) is 0 Å². The maximum atomic E-state index is 11.3. The standard InChI is InChI=1S/C10H11NO4S/c1-5(12)2-3-6-9(10(14)15)11-7(13)4-8(11)16-6/h8H,2-4H2,1H3,(H,14,15). The lowest BCUT2D eigenvalue weighted by molar-refractivity contribution is -0.145. The summed E-state index contributed by atoms with van der Waals surface area (Å²) in [4.78, 5) is 35.1. The molecule has 1 fully saturated rings. The number of carboxylic acid groups (broad SMARTS) is 1. The smallest absolute Gasteiger partial charge is 0.353 e. The molecule has 1 unspecified atom stereocenters. The van der Waals surface area contributed by atoms with Crippen molar-refractivity contribution in [1.29, 1.82) is 0 Å². The Hall–Kier alpha value is -1.30. The number of Topliss-reactive ketones (excluding diaryl/α,β-unsaturated/α-hetero) is 1. The number of hydrogen-bond donors (Lipinski definition) is 1. The molecule has 0 aromatic heterocycles. The van der Waals surface area contributed by atoms with Gasteiger partial charge in [0.15, 0.2) is 0 Å². The van der Waals surface area contributed by atoms with Crippen molar-refractivity contribution in [3.63, 3.8) is 0 Å². The first-order valence-corrected chi connectivity index (χ1v) is 5.83. The van der Waals surface area contributed by atoms with Gasteiger partial charge in [-0.15, -0.1) is 11.8 Å². The Morgan fingerprint density at radius 3 is 2.75 bits per heavy atom. The Kier molecular flexibility index (Phi) is 2.75. The fourth-order valence-electron chi connectivity index (χ4n) is 1.79. The van der Waals surface area contributed by atoms with E-state index in [9.17, 15) is 14.4 Å². The maximum absolute atomic E-state index is 11.3. The van der Waals surface area contributed by atoms with E-state index < -0.39 is 5.97 Å². The first kappa shape index (κ1) is 11.2. The van der Waals surface area contributed by atoms with E-state index in [-0.39, 0.29) is 22.8 Å². The van der Waals surface area contributed by atoms with Gasteiger partial charge in [0.05, 0.1) is 11.8 Å². The number of ketones is 1. The van der Waals surface area contributed by atoms with Crippen molar-refractivity contribution in [3.05, 3.63) is 10.6 Å². The van der Waals surface area contributed by atoms with E-state index in [1.165, 1.54) is 23.6 Å². The summed E-state index contributed by atoms with van der Waals surface area (Å²) >= 11 is 1.39. The second-order valence-electron chi connectivity index (χ2n) is 3.82. The van der Waals surface area contributed by atoms with Crippen LogP contribution in [0.2, 0.25) is 0 Å². The minimum absolute atomic E-state index is 0.0263. The molecule has 6 heteroatoms. The summed E-state index contributed by atoms with van der Waals surface area (Å²) in [6.07, 6.45) is 1.14. The van der Waals surface area contributed by atoms with Crippen molar-refractivity contribution in [2.45, 2.75) is 31.6 Å². The molecular weight excluding hydrogens is 230 g/mol. The van der Waals surface area contributed by atoms with Crippen LogP contribution in [0.4, 0.5) is 0 Å². The van der Waals surface area contributed by atoms with Gasteiger partial charge in [0.25, 0.3) is 0 Å². The normalized spacial score (nSPS) is 23.2. The molecule has 0 aromatic rings. The average molecular weight is 241 g/mol. The minimum atomic E-state index is -1.08. The molecule has 2 rings (SSSR count). The molecule has 0 aliphatic carbocycles. The predicted octanol–water partition coefficient (Wildman–Crippen LogP) is 0.957. The number of carbonyl (C=O) groups is 3. The van der Waals surface area contributed by atoms with Crippen molar-refractivity contribution >= 4 is 29.4 Å². The Bertz CT molecular complexity index is 415. The van der Waals surface area contributed by atoms with Gasteiger partial charge in [0.2, 0.25) is 5.91 Å². The first-order chi connectivity index (χ1) is 7.50. The van der Waals surface area contributed by atoms with E-state index in [1.54, 1.807) is 0 Å². The monoisotopic (exact) mass is 241 g/mol. The predicted molar refractivity (Wildman–Crippen MR) is 57.4 cm³/mol. The number of carbonyl (C=O) groups excluding carboxylic acids is 2. The van der Waals surface area contributed by atoms with Crippen molar-refractivity contribution < 1.29 is 19.5 Å². The Balaban J connectivity index is 2.18. The summed E-state index contributed by atoms with van der Waals surface area (Å²) in [6.45, 7) is 1.47. The van der Waals surface area contributed by atoms with Crippen LogP contribution >= 0.6 is 11.8 Å². The fourth-order valence-corrected chi connectivity index (χ4v) is 3.19. The maximum Gasteiger partial charge on any atom is 0.353 e. The highest BCUT2D eigenvalue weighted by Crippen LogP contribution is 2.47. The van der Waals surface area contributed by atoms with Gasteiger partial charge in [-0.2, -0.15) is 0 Å². The second-order valence-corrected chi connectivity index (χ2v) is 5.09. The second kappa shape index (κ2) is 3.93. The van der Waals surface area contributed by atoms with Crippen molar-refractivity contribution in [2.24, 2.45) is 0 Å². The summed E-state index contributed by atoms with van der Waals surface area (Å²) in [5.74, 6) is -1.20. The van der Waals surface area contributed by atoms with E-state index in [1.807, 2.05) is 0 Å². The number of hydrogen-bond acceptors (Lipinski definition) is 4. The lowest BCUT2D eigenvalue weighted by Gasteiger charge is -2.33. The van der Waals surface area contributed by atoms with Crippen molar-refractivity contribution in [1.82, 2.24) is 4.90 Å². The highest BCUT2D eigenvalue weighted by molar-refractivity contribution is 8.04. The quantitative estimate of drug-likeness (QED) is 0.742. The minimum Gasteiger partial charge on any atom is -0.477 e. The number of thioether (sulfide) groups is 1. The molecule has 1 saturated heterocycles. The Labute approximate surface area is 96.5 Å². The van der Waals surface area contributed by atoms with Gasteiger partial charge >= 0.3 is 5.97 Å². The van der Waals surface area contributed by atoms with Crippen LogP contribution in [0.5, 0.6) is 0 Å². The van der Waals surface area contributed by atoms with Gasteiger partial charge in [0.1, 0.15) is 11.5 Å². The number of nitrogens with zero attached hydrogens (tertiary/aromatic N) is 1. The van der Waals surface area contributed by atoms with Crippen LogP contribution in [-0.2, 0) is 14.4 Å². The van der Waals surface area contributed by atoms with Gasteiger partial charge in [-0.1, -0.05) is 0 Å². The number of carboxylic acids is 1. The molecule has 86 valence electrons. The van der Waals surface area contributed by atoms with Crippen LogP contribution in [0.3, 0.4) is 0 Å². The van der Waals surface area contributed by atoms with Crippen LogP contribution in [0, 0.1) is 0 Å². The molecule has 1 N–H and O–H groups in total. The highest BCUT2D eigenvalue weighted by atomic mass is 32.2. The third-order valence-electron chi connectivity index (χ3n) is 2.60. The molecule has 0 spiro atoms. The molecule has 16 heavy (non-hydrogen) atoms. The molecule has 2 aliphatic rings. The zero-order chi connectivity index (χ0) is 11.9. The van der Waals surface area contributed by atoms with Gasteiger partial charge in [-0.3, -0.25) is 9.69 Å². The number of fused-ring (bicyclic) bond motifs is 1. The number of amides is 1. The number of rotatable bonds is 4. The van der Waals surface area contributed by atoms with E-state index in [0.717, 1.165) is 0 Å². The highest BCUT2D eigenvalue weighted by Gasteiger charge is 2.47. The zero-order valence-corrected chi connectivity index (χ0v) is 9.54. The molecule has 1 amide bonds. The largest absolute Gasteiger partial charge is 0.477 e. The number of β-lactam (4-membered cyclic amide) rings is 1. The van der Waals surface area contributed by atoms with Crippen LogP contribution < -0.4 is 0 Å². The molecule has 2 heterocycles. The molecule has 2 aliphatic heterocycles. The van der Waals surface area contributed by atoms with Crippen molar-refractivity contribution in [2.75, 3.05) is 0 Å². The average Bonchev–Trinajstić information content (AvgIpc) is 2.47. The zero-order valence-electron chi connectivity index (χ0n) is 8.73. The van der Waals surface area contributed by atoms with E-state index in [4.69, 9.17) is 5.11 Å². The fraction of sp³-hybridized carbons (Fsp3) is 0.500. The molecule has 0 bridgehead atoms. The third kappa shape index (κ3) is 1.73. The Morgan fingerprint density at radius 1 is 1.56 bits per heavy atom. The summed E-state index contributed by atoms with van der Waals surface area (Å²) in [5, 5.41) is 8.98. The molecule has 1 atom stereocenters. The van der Waals surface area contributed by atoms with E-state index >= 15 is 0 Å². The van der Waals surface area contributed by atoms with Gasteiger partial charge in [-0.25, -0.2) is 4.79 Å². The SMILES string of the molecule is CC(=O)CCC1=C(C(=O)O)N2C(=O)CC2S1. The molecule has 0 aromatic carbocycles. The molecular formula is C10H11NO4S. The first-order valence-electron chi connectivity index (χ1n) is 4.95. The summed E-state index contributed by atoms with van der Waals surface area (Å²) in [7, 11) is 0. The van der Waals surface area contributed by atoms with Crippen LogP contribution in [0.15, 0.2) is 10.6 Å². The number of allylic oxidation sites excluding steroid dienone is 1. The molecule has 5 nitrogen and oxygen atoms in total. The summed E-state index contributed by atoms with van der Waals surface area (Å²) in [5.41, 5.74) is 0.0764. The summed E-state index contributed by atoms with van der Waals surface area (Å²) < 4.78 is 0. The lowest BCUT2D eigenvalue weighted by atomic mass is 10.1. The van der Waals surface area contributed by atoms with Gasteiger partial charge < -0.3 is 9.90 Å². The Morgan fingerprint density at radius 2 is 2.25 bits per heavy atom. The van der Waals surface area contributed by atoms with Gasteiger partial charge in [-0.05, 0) is 13.3 Å². The van der Waals surface area contributed by atoms with Gasteiger partial charge in [0, 0.05) is 11.3 Å². The lowest BCUT2D eigenvalue weighted by Crippen LogP contribution is -2.48. The number of aliphatic carboxylic acids is 1. The van der Waals surface area contributed by atoms with Crippen molar-refractivity contribution in [3.8, 4) is 0 Å². The van der Waals surface area contributed by atoms with Crippen LogP contribution in [0.1, 0.15) is 26.2 Å². The molecule has 0 saturated carbocycles. The van der Waals surface area contributed by atoms with E-state index in [0.29, 0.717) is 24.2 Å². The molecule has 0 radical (unpaired) electrons. The summed E-state index contributed by atoms with van der Waals surface area (Å²) in [6, 6.07) is 0.